The van der Waals surface area contributed by atoms with E-state index >= 15 is 0 Å². The van der Waals surface area contributed by atoms with Crippen LogP contribution in [0.5, 0.6) is 0 Å². The number of ketones is 1. The zero-order chi connectivity index (χ0) is 14.5. The predicted octanol–water partition coefficient (Wildman–Crippen LogP) is 4.29. The molecule has 0 N–H and O–H groups in total. The molecule has 0 heterocycles. The third kappa shape index (κ3) is 9.69. The van der Waals surface area contributed by atoms with E-state index in [2.05, 4.69) is 6.92 Å². The van der Waals surface area contributed by atoms with E-state index < -0.39 is 5.92 Å². The summed E-state index contributed by atoms with van der Waals surface area (Å²) >= 11 is 0. The first kappa shape index (κ1) is 18.1. The highest BCUT2D eigenvalue weighted by atomic mass is 16.5. The average molecular weight is 270 g/mol. The molecule has 0 bridgehead atoms. The molecule has 3 nitrogen and oxygen atoms in total. The maximum atomic E-state index is 11.6. The molecule has 0 amide bonds. The Morgan fingerprint density at radius 3 is 1.89 bits per heavy atom. The summed E-state index contributed by atoms with van der Waals surface area (Å²) in [6.45, 7) is 5.96. The first-order chi connectivity index (χ1) is 9.13. The summed E-state index contributed by atoms with van der Waals surface area (Å²) < 4.78 is 5.14. The summed E-state index contributed by atoms with van der Waals surface area (Å²) in [6.07, 6.45) is 10.3. The third-order valence-electron chi connectivity index (χ3n) is 3.43. The van der Waals surface area contributed by atoms with Crippen LogP contribution in [0.1, 0.15) is 78.6 Å². The minimum atomic E-state index is -0.561. The van der Waals surface area contributed by atoms with Gasteiger partial charge < -0.3 is 4.74 Å². The van der Waals surface area contributed by atoms with Crippen LogP contribution in [-0.4, -0.2) is 18.4 Å². The molecular weight excluding hydrogens is 240 g/mol. The highest BCUT2D eigenvalue weighted by Gasteiger charge is 2.22. The average Bonchev–Trinajstić information content (AvgIpc) is 2.37. The molecule has 0 fully saturated rings. The van der Waals surface area contributed by atoms with Crippen LogP contribution in [0.4, 0.5) is 0 Å². The molecule has 0 aromatic carbocycles. The molecule has 1 atom stereocenters. The fourth-order valence-electron chi connectivity index (χ4n) is 2.13. The molecule has 0 aromatic rings. The second-order valence-electron chi connectivity index (χ2n) is 5.21. The van der Waals surface area contributed by atoms with Gasteiger partial charge in [0.2, 0.25) is 0 Å². The summed E-state index contributed by atoms with van der Waals surface area (Å²) in [7, 11) is 0. The van der Waals surface area contributed by atoms with Gasteiger partial charge in [0, 0.05) is 0 Å². The van der Waals surface area contributed by atoms with Crippen LogP contribution in [0.3, 0.4) is 0 Å². The van der Waals surface area contributed by atoms with Crippen LogP contribution in [0.15, 0.2) is 0 Å². The van der Waals surface area contributed by atoms with Gasteiger partial charge in [0.25, 0.3) is 0 Å². The van der Waals surface area contributed by atoms with Gasteiger partial charge >= 0.3 is 5.97 Å². The van der Waals surface area contributed by atoms with Gasteiger partial charge in [-0.2, -0.15) is 0 Å². The lowest BCUT2D eigenvalue weighted by Gasteiger charge is -2.10. The Labute approximate surface area is 118 Å². The first-order valence-corrected chi connectivity index (χ1v) is 7.80. The van der Waals surface area contributed by atoms with Gasteiger partial charge in [0.15, 0.2) is 0 Å². The maximum absolute atomic E-state index is 11.6. The van der Waals surface area contributed by atoms with Crippen molar-refractivity contribution in [2.75, 3.05) is 6.61 Å². The van der Waals surface area contributed by atoms with E-state index in [0.717, 1.165) is 12.8 Å². The molecule has 0 radical (unpaired) electrons. The lowest BCUT2D eigenvalue weighted by atomic mass is 10.0. The number of carbonyl (C=O) groups is 2. The third-order valence-corrected chi connectivity index (χ3v) is 3.43. The monoisotopic (exact) mass is 270 g/mol. The zero-order valence-corrected chi connectivity index (χ0v) is 12.9. The van der Waals surface area contributed by atoms with E-state index in [1.165, 1.54) is 45.4 Å². The second-order valence-corrected chi connectivity index (χ2v) is 5.21. The summed E-state index contributed by atoms with van der Waals surface area (Å²) in [5.74, 6) is -1.00. The Morgan fingerprint density at radius 2 is 1.42 bits per heavy atom. The number of hydrogen-bond acceptors (Lipinski definition) is 3. The van der Waals surface area contributed by atoms with Crippen molar-refractivity contribution in [2.45, 2.75) is 78.6 Å². The highest BCUT2D eigenvalue weighted by Crippen LogP contribution is 2.10. The molecular formula is C16H30O3. The number of hydrogen-bond donors (Lipinski definition) is 0. The van der Waals surface area contributed by atoms with Crippen molar-refractivity contribution in [3.05, 3.63) is 0 Å². The topological polar surface area (TPSA) is 43.4 Å². The van der Waals surface area contributed by atoms with Gasteiger partial charge in [-0.05, 0) is 19.8 Å². The van der Waals surface area contributed by atoms with Crippen LogP contribution in [-0.2, 0) is 14.3 Å². The van der Waals surface area contributed by atoms with E-state index in [0.29, 0.717) is 13.0 Å². The van der Waals surface area contributed by atoms with Crippen molar-refractivity contribution in [1.82, 2.24) is 0 Å². The summed E-state index contributed by atoms with van der Waals surface area (Å²) in [6, 6.07) is 0. The first-order valence-electron chi connectivity index (χ1n) is 7.80. The van der Waals surface area contributed by atoms with Crippen LogP contribution < -0.4 is 0 Å². The van der Waals surface area contributed by atoms with Crippen molar-refractivity contribution in [2.24, 2.45) is 5.92 Å². The number of Topliss-reactive ketones (excluding diaryl/α,β-unsaturated/α-hetero) is 1. The smallest absolute Gasteiger partial charge is 0.316 e. The molecule has 0 rings (SSSR count). The largest absolute Gasteiger partial charge is 0.465 e. The summed E-state index contributed by atoms with van der Waals surface area (Å²) in [4.78, 5) is 22.8. The molecule has 0 saturated heterocycles. The molecule has 0 aliphatic rings. The standard InChI is InChI=1S/C16H30O3/c1-4-6-7-8-9-10-11-12-13-19-16(18)15(5-2)14(3)17/h15H,4-13H2,1-3H3. The van der Waals surface area contributed by atoms with Gasteiger partial charge in [0.1, 0.15) is 11.7 Å². The number of unbranched alkanes of at least 4 members (excludes halogenated alkanes) is 7. The summed E-state index contributed by atoms with van der Waals surface area (Å²) in [5.41, 5.74) is 0. The number of ether oxygens (including phenoxy) is 1. The number of rotatable bonds is 12. The fraction of sp³-hybridized carbons (Fsp3) is 0.875. The lowest BCUT2D eigenvalue weighted by molar-refractivity contribution is -0.151. The van der Waals surface area contributed by atoms with Crippen molar-refractivity contribution in [1.29, 1.82) is 0 Å². The van der Waals surface area contributed by atoms with Crippen molar-refractivity contribution in [3.63, 3.8) is 0 Å². The van der Waals surface area contributed by atoms with Crippen LogP contribution in [0.25, 0.3) is 0 Å². The maximum Gasteiger partial charge on any atom is 0.316 e. The normalized spacial score (nSPS) is 12.2. The van der Waals surface area contributed by atoms with E-state index in [1.54, 1.807) is 0 Å². The van der Waals surface area contributed by atoms with E-state index in [-0.39, 0.29) is 11.8 Å². The predicted molar refractivity (Wildman–Crippen MR) is 78.0 cm³/mol. The Morgan fingerprint density at radius 1 is 0.895 bits per heavy atom. The molecule has 0 spiro atoms. The van der Waals surface area contributed by atoms with Crippen molar-refractivity contribution >= 4 is 11.8 Å². The minimum absolute atomic E-state index is 0.0941. The Kier molecular flexibility index (Phi) is 11.6. The molecule has 3 heteroatoms. The molecule has 0 aliphatic carbocycles. The van der Waals surface area contributed by atoms with Crippen LogP contribution in [0, 0.1) is 5.92 Å². The SMILES string of the molecule is CCCCCCCCCCOC(=O)C(CC)C(C)=O. The minimum Gasteiger partial charge on any atom is -0.465 e. The van der Waals surface area contributed by atoms with Gasteiger partial charge in [-0.1, -0.05) is 58.8 Å². The molecule has 19 heavy (non-hydrogen) atoms. The van der Waals surface area contributed by atoms with E-state index in [1.807, 2.05) is 6.92 Å². The van der Waals surface area contributed by atoms with Crippen molar-refractivity contribution < 1.29 is 14.3 Å². The van der Waals surface area contributed by atoms with Crippen LogP contribution in [0.2, 0.25) is 0 Å². The zero-order valence-electron chi connectivity index (χ0n) is 12.9. The summed E-state index contributed by atoms with van der Waals surface area (Å²) in [5, 5.41) is 0. The van der Waals surface area contributed by atoms with Gasteiger partial charge in [-0.15, -0.1) is 0 Å². The number of carbonyl (C=O) groups excluding carboxylic acids is 2. The van der Waals surface area contributed by atoms with Gasteiger partial charge in [-0.3, -0.25) is 9.59 Å². The Balaban J connectivity index is 3.43. The van der Waals surface area contributed by atoms with E-state index in [4.69, 9.17) is 4.74 Å². The second kappa shape index (κ2) is 12.2. The fourth-order valence-corrected chi connectivity index (χ4v) is 2.13. The molecule has 0 saturated carbocycles. The quantitative estimate of drug-likeness (QED) is 0.302. The lowest BCUT2D eigenvalue weighted by Crippen LogP contribution is -2.23. The highest BCUT2D eigenvalue weighted by molar-refractivity contribution is 5.97. The van der Waals surface area contributed by atoms with Gasteiger partial charge in [0.05, 0.1) is 6.61 Å². The Hall–Kier alpha value is -0.860. The molecule has 1 unspecified atom stereocenters. The Bertz CT molecular complexity index is 248. The number of esters is 1. The van der Waals surface area contributed by atoms with Crippen molar-refractivity contribution in [3.8, 4) is 0 Å². The molecule has 0 aliphatic heterocycles. The molecule has 0 aromatic heterocycles. The van der Waals surface area contributed by atoms with Crippen LogP contribution >= 0.6 is 0 Å². The van der Waals surface area contributed by atoms with Gasteiger partial charge in [-0.25, -0.2) is 0 Å². The van der Waals surface area contributed by atoms with E-state index in [9.17, 15) is 9.59 Å². The molecule has 112 valence electrons.